The van der Waals surface area contributed by atoms with E-state index in [2.05, 4.69) is 5.32 Å². The molecule has 0 saturated carbocycles. The number of hydrogen-bond acceptors (Lipinski definition) is 4. The lowest BCUT2D eigenvalue weighted by Gasteiger charge is -2.10. The van der Waals surface area contributed by atoms with Gasteiger partial charge in [0.15, 0.2) is 0 Å². The number of aliphatic hydroxyl groups is 1. The number of benzene rings is 1. The predicted octanol–water partition coefficient (Wildman–Crippen LogP) is 2.91. The molecule has 0 bridgehead atoms. The molecule has 0 fully saturated rings. The molecule has 18 heavy (non-hydrogen) atoms. The monoisotopic (exact) mass is 368 g/mol. The highest BCUT2D eigenvalue weighted by Crippen LogP contribution is 2.28. The normalized spacial score (nSPS) is 12.2. The van der Waals surface area contributed by atoms with Crippen molar-refractivity contribution in [3.63, 3.8) is 0 Å². The van der Waals surface area contributed by atoms with Crippen molar-refractivity contribution in [2.45, 2.75) is 25.9 Å². The Morgan fingerprint density at radius 1 is 1.61 bits per heavy atom. The lowest BCUT2D eigenvalue weighted by atomic mass is 10.2. The molecule has 0 aliphatic heterocycles. The molecule has 5 nitrogen and oxygen atoms in total. The van der Waals surface area contributed by atoms with Crippen molar-refractivity contribution >= 4 is 34.0 Å². The van der Waals surface area contributed by atoms with Crippen LogP contribution in [0.1, 0.15) is 19.8 Å². The third-order valence-electron chi connectivity index (χ3n) is 2.50. The Morgan fingerprint density at radius 3 is 2.83 bits per heavy atom. The van der Waals surface area contributed by atoms with Gasteiger partial charge in [-0.3, -0.25) is 10.1 Å². The summed E-state index contributed by atoms with van der Waals surface area (Å²) in [7, 11) is 0. The number of nitro benzene ring substituents is 1. The van der Waals surface area contributed by atoms with Crippen LogP contribution in [0.2, 0.25) is 0 Å². The molecular weight excluding hydrogens is 354 g/mol. The molecular formula is C11H14FIN2O3. The molecule has 100 valence electrons. The second-order valence-electron chi connectivity index (χ2n) is 3.82. The van der Waals surface area contributed by atoms with Crippen LogP contribution in [0, 0.1) is 19.5 Å². The average molecular weight is 368 g/mol. The zero-order valence-corrected chi connectivity index (χ0v) is 12.0. The number of aliphatic hydroxyl groups excluding tert-OH is 1. The van der Waals surface area contributed by atoms with E-state index >= 15 is 0 Å². The van der Waals surface area contributed by atoms with Crippen molar-refractivity contribution in [2.75, 3.05) is 11.9 Å². The van der Waals surface area contributed by atoms with E-state index in [1.165, 1.54) is 6.07 Å². The summed E-state index contributed by atoms with van der Waals surface area (Å²) in [5.74, 6) is -0.500. The first-order chi connectivity index (χ1) is 8.45. The number of nitrogens with zero attached hydrogens (tertiary/aromatic N) is 1. The van der Waals surface area contributed by atoms with E-state index in [-0.39, 0.29) is 14.9 Å². The summed E-state index contributed by atoms with van der Waals surface area (Å²) in [6.07, 6.45) is 0.622. The van der Waals surface area contributed by atoms with Gasteiger partial charge in [0.2, 0.25) is 0 Å². The molecule has 7 heteroatoms. The smallest absolute Gasteiger partial charge is 0.293 e. The van der Waals surface area contributed by atoms with Crippen LogP contribution in [0.5, 0.6) is 0 Å². The molecule has 0 saturated heterocycles. The number of rotatable bonds is 6. The Balaban J connectivity index is 2.80. The quantitative estimate of drug-likeness (QED) is 0.460. The fourth-order valence-electron chi connectivity index (χ4n) is 1.41. The first-order valence-corrected chi connectivity index (χ1v) is 6.59. The molecule has 0 aromatic heterocycles. The maximum atomic E-state index is 13.4. The van der Waals surface area contributed by atoms with Crippen molar-refractivity contribution in [3.05, 3.63) is 31.6 Å². The summed E-state index contributed by atoms with van der Waals surface area (Å²) >= 11 is 1.71. The highest BCUT2D eigenvalue weighted by molar-refractivity contribution is 14.1. The average Bonchev–Trinajstić information content (AvgIpc) is 2.32. The van der Waals surface area contributed by atoms with E-state index < -0.39 is 16.8 Å². The molecule has 0 aliphatic rings. The molecule has 2 N–H and O–H groups in total. The van der Waals surface area contributed by atoms with Gasteiger partial charge in [-0.2, -0.15) is 0 Å². The standard InChI is InChI=1S/C11H14FIN2O3/c1-2-7(16)3-4-14-10-5-8(12)9(13)6-11(10)15(17)18/h5-7,14,16H,2-4H2,1H3. The fourth-order valence-corrected chi connectivity index (χ4v) is 1.86. The van der Waals surface area contributed by atoms with Gasteiger partial charge in [0.25, 0.3) is 5.69 Å². The highest BCUT2D eigenvalue weighted by atomic mass is 127. The van der Waals surface area contributed by atoms with Gasteiger partial charge in [-0.05, 0) is 35.4 Å². The third-order valence-corrected chi connectivity index (χ3v) is 3.33. The van der Waals surface area contributed by atoms with Crippen LogP contribution >= 0.6 is 22.6 Å². The van der Waals surface area contributed by atoms with Crippen molar-refractivity contribution in [2.24, 2.45) is 0 Å². The first-order valence-electron chi connectivity index (χ1n) is 5.51. The number of nitrogens with one attached hydrogen (secondary N) is 1. The van der Waals surface area contributed by atoms with E-state index in [1.54, 1.807) is 22.6 Å². The number of halogens is 2. The maximum Gasteiger partial charge on any atom is 0.293 e. The molecule has 1 atom stereocenters. The third kappa shape index (κ3) is 4.05. The fraction of sp³-hybridized carbons (Fsp3) is 0.455. The van der Waals surface area contributed by atoms with Gasteiger partial charge >= 0.3 is 0 Å². The number of anilines is 1. The summed E-state index contributed by atoms with van der Waals surface area (Å²) in [6.45, 7) is 2.20. The summed E-state index contributed by atoms with van der Waals surface area (Å²) < 4.78 is 13.6. The van der Waals surface area contributed by atoms with Gasteiger partial charge in [0.05, 0.1) is 14.6 Å². The van der Waals surface area contributed by atoms with Gasteiger partial charge in [0, 0.05) is 18.7 Å². The molecule has 0 radical (unpaired) electrons. The maximum absolute atomic E-state index is 13.4. The molecule has 0 spiro atoms. The van der Waals surface area contributed by atoms with Crippen LogP contribution in [0.15, 0.2) is 12.1 Å². The Kier molecular flexibility index (Phi) is 5.73. The summed E-state index contributed by atoms with van der Waals surface area (Å²) in [4.78, 5) is 10.3. The minimum atomic E-state index is -0.555. The molecule has 1 aromatic carbocycles. The lowest BCUT2D eigenvalue weighted by molar-refractivity contribution is -0.384. The lowest BCUT2D eigenvalue weighted by Crippen LogP contribution is -2.13. The van der Waals surface area contributed by atoms with E-state index in [0.29, 0.717) is 19.4 Å². The predicted molar refractivity (Wildman–Crippen MR) is 75.2 cm³/mol. The number of hydrogen-bond donors (Lipinski definition) is 2. The van der Waals surface area contributed by atoms with Gasteiger partial charge in [-0.1, -0.05) is 6.92 Å². The SMILES string of the molecule is CCC(O)CCNc1cc(F)c(I)cc1[N+](=O)[O-]. The van der Waals surface area contributed by atoms with Crippen molar-refractivity contribution < 1.29 is 14.4 Å². The van der Waals surface area contributed by atoms with Gasteiger partial charge < -0.3 is 10.4 Å². The summed E-state index contributed by atoms with van der Waals surface area (Å²) in [5, 5.41) is 23.0. The summed E-state index contributed by atoms with van der Waals surface area (Å²) in [6, 6.07) is 2.30. The van der Waals surface area contributed by atoms with Gasteiger partial charge in [0.1, 0.15) is 11.5 Å². The van der Waals surface area contributed by atoms with E-state index in [1.807, 2.05) is 6.92 Å². The van der Waals surface area contributed by atoms with E-state index in [0.717, 1.165) is 6.07 Å². The zero-order valence-electron chi connectivity index (χ0n) is 9.82. The Morgan fingerprint density at radius 2 is 2.28 bits per heavy atom. The van der Waals surface area contributed by atoms with Crippen LogP contribution in [0.3, 0.4) is 0 Å². The minimum Gasteiger partial charge on any atom is -0.393 e. The molecule has 0 aliphatic carbocycles. The van der Waals surface area contributed by atoms with Crippen LogP contribution in [0.25, 0.3) is 0 Å². The van der Waals surface area contributed by atoms with Crippen molar-refractivity contribution in [3.8, 4) is 0 Å². The topological polar surface area (TPSA) is 75.4 Å². The molecule has 1 rings (SSSR count). The Labute approximate surface area is 118 Å². The van der Waals surface area contributed by atoms with Crippen LogP contribution in [-0.2, 0) is 0 Å². The first kappa shape index (κ1) is 15.1. The van der Waals surface area contributed by atoms with E-state index in [9.17, 15) is 19.6 Å². The highest BCUT2D eigenvalue weighted by Gasteiger charge is 2.17. The van der Waals surface area contributed by atoms with E-state index in [4.69, 9.17) is 0 Å². The Hall–Kier alpha value is -0.960. The zero-order chi connectivity index (χ0) is 13.7. The van der Waals surface area contributed by atoms with Crippen molar-refractivity contribution in [1.29, 1.82) is 0 Å². The summed E-state index contributed by atoms with van der Waals surface area (Å²) in [5.41, 5.74) is -0.0204. The largest absolute Gasteiger partial charge is 0.393 e. The molecule has 1 aromatic rings. The van der Waals surface area contributed by atoms with Crippen LogP contribution in [-0.4, -0.2) is 22.7 Å². The van der Waals surface area contributed by atoms with Gasteiger partial charge in [-0.25, -0.2) is 4.39 Å². The van der Waals surface area contributed by atoms with Crippen molar-refractivity contribution in [1.82, 2.24) is 0 Å². The molecule has 0 amide bonds. The second kappa shape index (κ2) is 6.83. The van der Waals surface area contributed by atoms with Crippen LogP contribution in [0.4, 0.5) is 15.8 Å². The second-order valence-corrected chi connectivity index (χ2v) is 4.98. The minimum absolute atomic E-state index is 0.140. The molecule has 0 heterocycles. The van der Waals surface area contributed by atoms with Crippen LogP contribution < -0.4 is 5.32 Å². The van der Waals surface area contributed by atoms with Gasteiger partial charge in [-0.15, -0.1) is 0 Å². The molecule has 1 unspecified atom stereocenters. The number of nitro groups is 1. The Bertz CT molecular complexity index is 443.